The third kappa shape index (κ3) is 2.21. The van der Waals surface area contributed by atoms with Crippen molar-refractivity contribution in [1.82, 2.24) is 0 Å². The van der Waals surface area contributed by atoms with E-state index >= 15 is 0 Å². The maximum atomic E-state index is 12.9. The minimum atomic E-state index is -0.354. The number of hydrogen-bond acceptors (Lipinski definition) is 3. The maximum Gasteiger partial charge on any atom is 0.123 e. The van der Waals surface area contributed by atoms with E-state index in [1.807, 2.05) is 0 Å². The van der Waals surface area contributed by atoms with Gasteiger partial charge in [-0.1, -0.05) is 0 Å². The number of rotatable bonds is 4. The fraction of sp³-hybridized carbons (Fsp3) is 0.400. The van der Waals surface area contributed by atoms with Crippen molar-refractivity contribution in [2.24, 2.45) is 5.73 Å². The molecule has 0 radical (unpaired) electrons. The molecule has 0 amide bonds. The van der Waals surface area contributed by atoms with Gasteiger partial charge in [0.05, 0.1) is 13.7 Å². The Morgan fingerprint density at radius 1 is 1.57 bits per heavy atom. The lowest BCUT2D eigenvalue weighted by atomic mass is 9.99. The Morgan fingerprint density at radius 3 is 2.79 bits per heavy atom. The van der Waals surface area contributed by atoms with E-state index in [0.29, 0.717) is 11.3 Å². The average molecular weight is 199 g/mol. The molecule has 0 aliphatic heterocycles. The summed E-state index contributed by atoms with van der Waals surface area (Å²) in [7, 11) is 1.50. The minimum Gasteiger partial charge on any atom is -0.496 e. The number of ether oxygens (including phenoxy) is 1. The Balaban J connectivity index is 3.08. The molecule has 0 bridgehead atoms. The summed E-state index contributed by atoms with van der Waals surface area (Å²) in [5.74, 6) is -0.0794. The van der Waals surface area contributed by atoms with Gasteiger partial charge in [-0.05, 0) is 18.2 Å². The highest BCUT2D eigenvalue weighted by Gasteiger charge is 2.14. The van der Waals surface area contributed by atoms with Crippen LogP contribution < -0.4 is 10.5 Å². The summed E-state index contributed by atoms with van der Waals surface area (Å²) in [6.07, 6.45) is 0. The summed E-state index contributed by atoms with van der Waals surface area (Å²) in [6, 6.07) is 4.18. The Hall–Kier alpha value is -1.13. The van der Waals surface area contributed by atoms with Crippen molar-refractivity contribution >= 4 is 0 Å². The summed E-state index contributed by atoms with van der Waals surface area (Å²) >= 11 is 0. The van der Waals surface area contributed by atoms with Crippen molar-refractivity contribution in [1.29, 1.82) is 0 Å². The smallest absolute Gasteiger partial charge is 0.123 e. The van der Waals surface area contributed by atoms with Crippen LogP contribution in [0.2, 0.25) is 0 Å². The lowest BCUT2D eigenvalue weighted by Crippen LogP contribution is -2.17. The molecule has 0 saturated heterocycles. The van der Waals surface area contributed by atoms with Crippen LogP contribution >= 0.6 is 0 Å². The van der Waals surface area contributed by atoms with Gasteiger partial charge in [0.1, 0.15) is 11.6 Å². The van der Waals surface area contributed by atoms with E-state index in [1.165, 1.54) is 25.3 Å². The van der Waals surface area contributed by atoms with Gasteiger partial charge in [0.15, 0.2) is 0 Å². The minimum absolute atomic E-state index is 0.115. The molecule has 0 fully saturated rings. The first-order valence-electron chi connectivity index (χ1n) is 4.37. The van der Waals surface area contributed by atoms with Crippen molar-refractivity contribution < 1.29 is 14.2 Å². The van der Waals surface area contributed by atoms with Gasteiger partial charge >= 0.3 is 0 Å². The zero-order valence-corrected chi connectivity index (χ0v) is 8.03. The van der Waals surface area contributed by atoms with E-state index < -0.39 is 0 Å². The standard InChI is InChI=1S/C10H14FNO2/c1-14-10-3-2-8(11)4-9(10)7(5-12)6-13/h2-4,7,13H,5-6,12H2,1H3. The largest absolute Gasteiger partial charge is 0.496 e. The number of halogens is 1. The van der Waals surface area contributed by atoms with Crippen LogP contribution in [0, 0.1) is 5.82 Å². The second-order valence-electron chi connectivity index (χ2n) is 3.00. The summed E-state index contributed by atoms with van der Waals surface area (Å²) in [5, 5.41) is 9.03. The Kier molecular flexibility index (Phi) is 3.85. The Morgan fingerprint density at radius 2 is 2.29 bits per heavy atom. The predicted octanol–water partition coefficient (Wildman–Crippen LogP) is 0.869. The quantitative estimate of drug-likeness (QED) is 0.756. The van der Waals surface area contributed by atoms with E-state index in [9.17, 15) is 4.39 Å². The molecule has 1 unspecified atom stereocenters. The monoisotopic (exact) mass is 199 g/mol. The van der Waals surface area contributed by atoms with Crippen molar-refractivity contribution in [3.63, 3.8) is 0 Å². The fourth-order valence-corrected chi connectivity index (χ4v) is 1.32. The molecule has 0 heterocycles. The number of hydrogen-bond donors (Lipinski definition) is 2. The highest BCUT2D eigenvalue weighted by Crippen LogP contribution is 2.26. The zero-order valence-electron chi connectivity index (χ0n) is 8.03. The van der Waals surface area contributed by atoms with Crippen molar-refractivity contribution in [3.8, 4) is 5.75 Å². The Bertz CT molecular complexity index is 300. The van der Waals surface area contributed by atoms with Crippen LogP contribution in [0.4, 0.5) is 4.39 Å². The first-order chi connectivity index (χ1) is 6.72. The van der Waals surface area contributed by atoms with Crippen molar-refractivity contribution in [3.05, 3.63) is 29.6 Å². The van der Waals surface area contributed by atoms with E-state index in [0.717, 1.165) is 0 Å². The molecule has 0 saturated carbocycles. The molecule has 0 aliphatic carbocycles. The first kappa shape index (κ1) is 10.9. The summed E-state index contributed by atoms with van der Waals surface area (Å²) in [4.78, 5) is 0. The average Bonchev–Trinajstić information content (AvgIpc) is 2.20. The van der Waals surface area contributed by atoms with Crippen molar-refractivity contribution in [2.45, 2.75) is 5.92 Å². The second kappa shape index (κ2) is 4.93. The van der Waals surface area contributed by atoms with Crippen LogP contribution in [0.25, 0.3) is 0 Å². The van der Waals surface area contributed by atoms with Gasteiger partial charge in [-0.3, -0.25) is 0 Å². The molecule has 4 heteroatoms. The molecule has 14 heavy (non-hydrogen) atoms. The molecule has 1 aromatic rings. The Labute approximate surface area is 82.3 Å². The van der Waals surface area contributed by atoms with Gasteiger partial charge in [0.25, 0.3) is 0 Å². The molecular formula is C10H14FNO2. The maximum absolute atomic E-state index is 12.9. The van der Waals surface area contributed by atoms with Crippen LogP contribution in [-0.2, 0) is 0 Å². The molecule has 1 rings (SSSR count). The van der Waals surface area contributed by atoms with E-state index in [4.69, 9.17) is 15.6 Å². The lowest BCUT2D eigenvalue weighted by Gasteiger charge is -2.15. The molecule has 0 aromatic heterocycles. The SMILES string of the molecule is COc1ccc(F)cc1C(CN)CO. The van der Waals surface area contributed by atoms with Gasteiger partial charge in [-0.2, -0.15) is 0 Å². The number of benzene rings is 1. The third-order valence-corrected chi connectivity index (χ3v) is 2.14. The van der Waals surface area contributed by atoms with E-state index in [1.54, 1.807) is 0 Å². The number of aliphatic hydroxyl groups excluding tert-OH is 1. The summed E-state index contributed by atoms with van der Waals surface area (Å²) in [5.41, 5.74) is 6.06. The van der Waals surface area contributed by atoms with E-state index in [2.05, 4.69) is 0 Å². The highest BCUT2D eigenvalue weighted by atomic mass is 19.1. The van der Waals surface area contributed by atoms with Crippen LogP contribution in [0.15, 0.2) is 18.2 Å². The van der Waals surface area contributed by atoms with Gasteiger partial charge in [-0.25, -0.2) is 4.39 Å². The van der Waals surface area contributed by atoms with Gasteiger partial charge in [-0.15, -0.1) is 0 Å². The molecule has 1 aromatic carbocycles. The number of methoxy groups -OCH3 is 1. The van der Waals surface area contributed by atoms with Crippen LogP contribution in [0.5, 0.6) is 5.75 Å². The zero-order chi connectivity index (χ0) is 10.6. The molecular weight excluding hydrogens is 185 g/mol. The third-order valence-electron chi connectivity index (χ3n) is 2.14. The predicted molar refractivity (Wildman–Crippen MR) is 51.8 cm³/mol. The topological polar surface area (TPSA) is 55.5 Å². The number of nitrogens with two attached hydrogens (primary N) is 1. The highest BCUT2D eigenvalue weighted by molar-refractivity contribution is 5.37. The second-order valence-corrected chi connectivity index (χ2v) is 3.00. The fourth-order valence-electron chi connectivity index (χ4n) is 1.32. The summed E-state index contributed by atoms with van der Waals surface area (Å²) in [6.45, 7) is 0.145. The molecule has 3 nitrogen and oxygen atoms in total. The molecule has 1 atom stereocenters. The van der Waals surface area contributed by atoms with Gasteiger partial charge in [0, 0.05) is 18.0 Å². The van der Waals surface area contributed by atoms with Gasteiger partial charge < -0.3 is 15.6 Å². The summed E-state index contributed by atoms with van der Waals surface area (Å²) < 4.78 is 18.0. The van der Waals surface area contributed by atoms with Crippen LogP contribution in [-0.4, -0.2) is 25.4 Å². The van der Waals surface area contributed by atoms with Gasteiger partial charge in [0.2, 0.25) is 0 Å². The van der Waals surface area contributed by atoms with Crippen LogP contribution in [0.1, 0.15) is 11.5 Å². The van der Waals surface area contributed by atoms with Crippen molar-refractivity contribution in [2.75, 3.05) is 20.3 Å². The lowest BCUT2D eigenvalue weighted by molar-refractivity contribution is 0.264. The molecule has 3 N–H and O–H groups in total. The molecule has 78 valence electrons. The number of aliphatic hydroxyl groups is 1. The first-order valence-corrected chi connectivity index (χ1v) is 4.37. The van der Waals surface area contributed by atoms with Crippen LogP contribution in [0.3, 0.4) is 0 Å². The molecule has 0 aliphatic rings. The molecule has 0 spiro atoms. The normalized spacial score (nSPS) is 12.6. The van der Waals surface area contributed by atoms with E-state index in [-0.39, 0.29) is 24.9 Å².